The van der Waals surface area contributed by atoms with E-state index in [1.165, 1.54) is 6.07 Å². The Morgan fingerprint density at radius 2 is 2.11 bits per heavy atom. The van der Waals surface area contributed by atoms with Crippen LogP contribution in [0.4, 0.5) is 4.39 Å². The van der Waals surface area contributed by atoms with Crippen LogP contribution < -0.4 is 0 Å². The van der Waals surface area contributed by atoms with Crippen molar-refractivity contribution in [2.45, 2.75) is 12.8 Å². The van der Waals surface area contributed by atoms with Gasteiger partial charge in [-0.1, -0.05) is 12.1 Å². The SMILES string of the molecule is Cc1cnc2c(c1)nc(CCl)n2-c1ccccc1F. The Morgan fingerprint density at radius 3 is 2.84 bits per heavy atom. The Bertz CT molecular complexity index is 752. The van der Waals surface area contributed by atoms with E-state index < -0.39 is 0 Å². The second kappa shape index (κ2) is 4.63. The number of hydrogen-bond acceptors (Lipinski definition) is 2. The average Bonchev–Trinajstić information content (AvgIpc) is 2.76. The molecule has 0 N–H and O–H groups in total. The molecule has 0 saturated heterocycles. The van der Waals surface area contributed by atoms with Crippen LogP contribution in [0, 0.1) is 12.7 Å². The van der Waals surface area contributed by atoms with Gasteiger partial charge >= 0.3 is 0 Å². The van der Waals surface area contributed by atoms with E-state index in [1.807, 2.05) is 13.0 Å². The summed E-state index contributed by atoms with van der Waals surface area (Å²) < 4.78 is 15.6. The molecule has 0 aliphatic heterocycles. The smallest absolute Gasteiger partial charge is 0.164 e. The van der Waals surface area contributed by atoms with Crippen molar-refractivity contribution in [3.05, 3.63) is 53.7 Å². The molecule has 0 amide bonds. The molecule has 0 atom stereocenters. The maximum atomic E-state index is 14.0. The molecule has 2 aromatic heterocycles. The number of benzene rings is 1. The molecule has 0 fully saturated rings. The van der Waals surface area contributed by atoms with Crippen molar-refractivity contribution in [3.63, 3.8) is 0 Å². The maximum absolute atomic E-state index is 14.0. The minimum Gasteiger partial charge on any atom is -0.277 e. The standard InChI is InChI=1S/C14H11ClFN3/c1-9-6-11-14(17-8-9)19(13(7-15)18-11)12-5-3-2-4-10(12)16/h2-6,8H,7H2,1H3. The van der Waals surface area contributed by atoms with Gasteiger partial charge in [0.2, 0.25) is 0 Å². The van der Waals surface area contributed by atoms with E-state index in [1.54, 1.807) is 29.0 Å². The second-order valence-electron chi connectivity index (χ2n) is 4.30. The number of halogens is 2. The predicted octanol–water partition coefficient (Wildman–Crippen LogP) is 3.61. The molecule has 0 radical (unpaired) electrons. The number of alkyl halides is 1. The van der Waals surface area contributed by atoms with Gasteiger partial charge in [-0.05, 0) is 30.7 Å². The molecule has 96 valence electrons. The lowest BCUT2D eigenvalue weighted by molar-refractivity contribution is 0.617. The lowest BCUT2D eigenvalue weighted by atomic mass is 10.3. The molecular weight excluding hydrogens is 265 g/mol. The molecule has 1 aromatic carbocycles. The van der Waals surface area contributed by atoms with Crippen LogP contribution in [0.5, 0.6) is 0 Å². The molecule has 0 bridgehead atoms. The van der Waals surface area contributed by atoms with E-state index in [-0.39, 0.29) is 11.7 Å². The predicted molar refractivity (Wildman–Crippen MR) is 73.1 cm³/mol. The Morgan fingerprint density at radius 1 is 1.32 bits per heavy atom. The Hall–Kier alpha value is -1.94. The quantitative estimate of drug-likeness (QED) is 0.669. The molecule has 0 saturated carbocycles. The van der Waals surface area contributed by atoms with Gasteiger partial charge in [-0.3, -0.25) is 4.57 Å². The van der Waals surface area contributed by atoms with Crippen molar-refractivity contribution >= 4 is 22.8 Å². The van der Waals surface area contributed by atoms with Gasteiger partial charge in [-0.15, -0.1) is 11.6 Å². The van der Waals surface area contributed by atoms with Crippen molar-refractivity contribution in [3.8, 4) is 5.69 Å². The largest absolute Gasteiger partial charge is 0.277 e. The van der Waals surface area contributed by atoms with Crippen molar-refractivity contribution in [2.24, 2.45) is 0 Å². The maximum Gasteiger partial charge on any atom is 0.164 e. The van der Waals surface area contributed by atoms with E-state index in [0.717, 1.165) is 11.1 Å². The van der Waals surface area contributed by atoms with Crippen molar-refractivity contribution < 1.29 is 4.39 Å². The summed E-state index contributed by atoms with van der Waals surface area (Å²) in [5.41, 5.74) is 2.76. The van der Waals surface area contributed by atoms with Crippen LogP contribution in [-0.2, 0) is 5.88 Å². The summed E-state index contributed by atoms with van der Waals surface area (Å²) in [7, 11) is 0. The van der Waals surface area contributed by atoms with E-state index in [9.17, 15) is 4.39 Å². The molecule has 0 aliphatic carbocycles. The Balaban J connectivity index is 2.36. The third-order valence-electron chi connectivity index (χ3n) is 2.92. The summed E-state index contributed by atoms with van der Waals surface area (Å²) in [4.78, 5) is 8.75. The van der Waals surface area contributed by atoms with Crippen molar-refractivity contribution in [1.29, 1.82) is 0 Å². The van der Waals surface area contributed by atoms with Crippen LogP contribution in [0.3, 0.4) is 0 Å². The zero-order chi connectivity index (χ0) is 13.4. The fourth-order valence-corrected chi connectivity index (χ4v) is 2.27. The molecule has 0 aliphatic rings. The van der Waals surface area contributed by atoms with E-state index in [2.05, 4.69) is 9.97 Å². The number of pyridine rings is 1. The normalized spacial score (nSPS) is 11.1. The third kappa shape index (κ3) is 1.98. The van der Waals surface area contributed by atoms with Crippen molar-refractivity contribution in [2.75, 3.05) is 0 Å². The summed E-state index contributed by atoms with van der Waals surface area (Å²) >= 11 is 5.91. The van der Waals surface area contributed by atoms with Gasteiger partial charge in [0.15, 0.2) is 5.65 Å². The molecule has 19 heavy (non-hydrogen) atoms. The number of aryl methyl sites for hydroxylation is 1. The number of imidazole rings is 1. The lowest BCUT2D eigenvalue weighted by Gasteiger charge is -2.07. The van der Waals surface area contributed by atoms with Crippen LogP contribution in [0.2, 0.25) is 0 Å². The molecule has 0 unspecified atom stereocenters. The van der Waals surface area contributed by atoms with E-state index >= 15 is 0 Å². The van der Waals surface area contributed by atoms with Gasteiger partial charge < -0.3 is 0 Å². The molecule has 2 heterocycles. The summed E-state index contributed by atoms with van der Waals surface area (Å²) in [6.45, 7) is 1.94. The number of para-hydroxylation sites is 1. The summed E-state index contributed by atoms with van der Waals surface area (Å²) in [6.07, 6.45) is 1.74. The zero-order valence-corrected chi connectivity index (χ0v) is 11.0. The highest BCUT2D eigenvalue weighted by Crippen LogP contribution is 2.23. The van der Waals surface area contributed by atoms with Gasteiger partial charge in [-0.25, -0.2) is 14.4 Å². The van der Waals surface area contributed by atoms with Gasteiger partial charge in [-0.2, -0.15) is 0 Å². The van der Waals surface area contributed by atoms with Crippen LogP contribution in [0.15, 0.2) is 36.5 Å². The topological polar surface area (TPSA) is 30.7 Å². The Labute approximate surface area is 114 Å². The average molecular weight is 276 g/mol. The highest BCUT2D eigenvalue weighted by Gasteiger charge is 2.15. The fraction of sp³-hybridized carbons (Fsp3) is 0.143. The molecule has 3 rings (SSSR count). The minimum atomic E-state index is -0.324. The molecular formula is C14H11ClFN3. The van der Waals surface area contributed by atoms with Gasteiger partial charge in [0.25, 0.3) is 0 Å². The lowest BCUT2D eigenvalue weighted by Crippen LogP contribution is -2.02. The van der Waals surface area contributed by atoms with Crippen molar-refractivity contribution in [1.82, 2.24) is 14.5 Å². The highest BCUT2D eigenvalue weighted by molar-refractivity contribution is 6.16. The second-order valence-corrected chi connectivity index (χ2v) is 4.57. The summed E-state index contributed by atoms with van der Waals surface area (Å²) in [5, 5.41) is 0. The molecule has 3 aromatic rings. The first kappa shape index (κ1) is 12.1. The summed E-state index contributed by atoms with van der Waals surface area (Å²) in [6, 6.07) is 8.43. The fourth-order valence-electron chi connectivity index (χ4n) is 2.09. The van der Waals surface area contributed by atoms with Gasteiger partial charge in [0, 0.05) is 6.20 Å². The molecule has 0 spiro atoms. The van der Waals surface area contributed by atoms with E-state index in [0.29, 0.717) is 17.2 Å². The highest BCUT2D eigenvalue weighted by atomic mass is 35.5. The first-order valence-corrected chi connectivity index (χ1v) is 6.39. The van der Waals surface area contributed by atoms with Gasteiger partial charge in [0.05, 0.1) is 11.6 Å². The van der Waals surface area contributed by atoms with Gasteiger partial charge in [0.1, 0.15) is 17.2 Å². The first-order chi connectivity index (χ1) is 9.20. The summed E-state index contributed by atoms with van der Waals surface area (Å²) in [5.74, 6) is 0.458. The number of rotatable bonds is 2. The number of hydrogen-bond donors (Lipinski definition) is 0. The first-order valence-electron chi connectivity index (χ1n) is 5.85. The minimum absolute atomic E-state index is 0.198. The molecule has 3 nitrogen and oxygen atoms in total. The van der Waals surface area contributed by atoms with Crippen LogP contribution in [0.25, 0.3) is 16.9 Å². The monoisotopic (exact) mass is 275 g/mol. The van der Waals surface area contributed by atoms with E-state index in [4.69, 9.17) is 11.6 Å². The number of fused-ring (bicyclic) bond motifs is 1. The Kier molecular flexibility index (Phi) is 2.95. The number of nitrogens with zero attached hydrogens (tertiary/aromatic N) is 3. The zero-order valence-electron chi connectivity index (χ0n) is 10.3. The van der Waals surface area contributed by atoms with Crippen LogP contribution >= 0.6 is 11.6 Å². The van der Waals surface area contributed by atoms with Crippen LogP contribution in [-0.4, -0.2) is 14.5 Å². The molecule has 5 heteroatoms. The number of aromatic nitrogens is 3. The third-order valence-corrected chi connectivity index (χ3v) is 3.16. The van der Waals surface area contributed by atoms with Crippen LogP contribution in [0.1, 0.15) is 11.4 Å².